The standard InChI is InChI=1S/C16H22N4O3S/c1-8(15(17)22)14-13-11(23-9(2)18-14)7-12(19-16(13)24)20-5-3-10(21)4-6-20/h7,9-10,18,21H,3-6H2,1-2H3,(H2,17,22)(H,19,24)/b14-8-. The smallest absolute Gasteiger partial charge is 0.246 e. The summed E-state index contributed by atoms with van der Waals surface area (Å²) in [5, 5.41) is 12.8. The predicted octanol–water partition coefficient (Wildman–Crippen LogP) is 1.25. The molecule has 0 spiro atoms. The number of anilines is 1. The highest BCUT2D eigenvalue weighted by Gasteiger charge is 2.27. The number of aliphatic hydroxyl groups is 1. The van der Waals surface area contributed by atoms with Crippen LogP contribution in [-0.4, -0.2) is 41.4 Å². The van der Waals surface area contributed by atoms with Crippen LogP contribution < -0.4 is 20.7 Å². The number of rotatable bonds is 2. The average molecular weight is 350 g/mol. The molecule has 1 fully saturated rings. The van der Waals surface area contributed by atoms with Crippen molar-refractivity contribution in [1.82, 2.24) is 10.3 Å². The maximum atomic E-state index is 11.6. The van der Waals surface area contributed by atoms with E-state index in [1.165, 1.54) is 0 Å². The van der Waals surface area contributed by atoms with Gasteiger partial charge in [0.05, 0.1) is 17.4 Å². The number of nitrogens with zero attached hydrogens (tertiary/aromatic N) is 1. The van der Waals surface area contributed by atoms with Crippen molar-refractivity contribution in [2.45, 2.75) is 39.0 Å². The molecule has 1 aromatic heterocycles. The quantitative estimate of drug-likeness (QED) is 0.473. The highest BCUT2D eigenvalue weighted by atomic mass is 32.1. The van der Waals surface area contributed by atoms with E-state index in [2.05, 4.69) is 15.2 Å². The Labute approximate surface area is 145 Å². The van der Waals surface area contributed by atoms with Crippen LogP contribution in [0.2, 0.25) is 0 Å². The number of aliphatic hydroxyl groups excluding tert-OH is 1. The third-order valence-corrected chi connectivity index (χ3v) is 4.74. The van der Waals surface area contributed by atoms with E-state index in [1.807, 2.05) is 13.0 Å². The minimum Gasteiger partial charge on any atom is -0.470 e. The lowest BCUT2D eigenvalue weighted by molar-refractivity contribution is -0.114. The largest absolute Gasteiger partial charge is 0.470 e. The second-order valence-electron chi connectivity index (χ2n) is 6.21. The van der Waals surface area contributed by atoms with Crippen molar-refractivity contribution in [3.8, 4) is 5.75 Å². The molecule has 2 aliphatic rings. The molecular formula is C16H22N4O3S. The maximum Gasteiger partial charge on any atom is 0.246 e. The van der Waals surface area contributed by atoms with Crippen molar-refractivity contribution in [3.05, 3.63) is 21.8 Å². The van der Waals surface area contributed by atoms with Crippen molar-refractivity contribution < 1.29 is 14.6 Å². The van der Waals surface area contributed by atoms with Crippen molar-refractivity contribution in [3.63, 3.8) is 0 Å². The van der Waals surface area contributed by atoms with Crippen molar-refractivity contribution in [2.75, 3.05) is 18.0 Å². The zero-order valence-electron chi connectivity index (χ0n) is 13.8. The van der Waals surface area contributed by atoms with Gasteiger partial charge in [0.15, 0.2) is 6.23 Å². The number of aromatic nitrogens is 1. The minimum absolute atomic E-state index is 0.241. The number of piperidine rings is 1. The molecular weight excluding hydrogens is 328 g/mol. The molecule has 1 aromatic rings. The predicted molar refractivity (Wildman–Crippen MR) is 94.1 cm³/mol. The van der Waals surface area contributed by atoms with Gasteiger partial charge >= 0.3 is 0 Å². The van der Waals surface area contributed by atoms with Gasteiger partial charge in [0.1, 0.15) is 16.2 Å². The molecule has 0 saturated carbocycles. The second-order valence-corrected chi connectivity index (χ2v) is 6.62. The Morgan fingerprint density at radius 2 is 2.12 bits per heavy atom. The number of hydrogen-bond acceptors (Lipinski definition) is 6. The SMILES string of the molecule is C/C(C(N)=O)=C1/NC(C)Oc2cc(N3CCC(O)CC3)[nH]c(=S)c21. The monoisotopic (exact) mass is 350 g/mol. The van der Waals surface area contributed by atoms with Gasteiger partial charge in [-0.25, -0.2) is 0 Å². The van der Waals surface area contributed by atoms with Crippen LogP contribution in [0.15, 0.2) is 11.6 Å². The summed E-state index contributed by atoms with van der Waals surface area (Å²) < 4.78 is 6.35. The molecule has 0 aromatic carbocycles. The fourth-order valence-electron chi connectivity index (χ4n) is 3.04. The van der Waals surface area contributed by atoms with Gasteiger partial charge in [-0.3, -0.25) is 4.79 Å². The Morgan fingerprint density at radius 1 is 1.46 bits per heavy atom. The molecule has 1 amide bonds. The number of aromatic amines is 1. The van der Waals surface area contributed by atoms with Gasteiger partial charge in [-0.15, -0.1) is 0 Å². The summed E-state index contributed by atoms with van der Waals surface area (Å²) in [6.07, 6.45) is 0.912. The van der Waals surface area contributed by atoms with E-state index in [1.54, 1.807) is 6.92 Å². The number of amides is 1. The zero-order valence-corrected chi connectivity index (χ0v) is 14.6. The van der Waals surface area contributed by atoms with Crippen LogP contribution in [0.25, 0.3) is 5.70 Å². The van der Waals surface area contributed by atoms with E-state index < -0.39 is 5.91 Å². The van der Waals surface area contributed by atoms with E-state index in [0.717, 1.165) is 31.7 Å². The van der Waals surface area contributed by atoms with Crippen LogP contribution in [0.4, 0.5) is 5.82 Å². The summed E-state index contributed by atoms with van der Waals surface area (Å²) in [4.78, 5) is 16.9. The summed E-state index contributed by atoms with van der Waals surface area (Å²) in [6.45, 7) is 5.03. The van der Waals surface area contributed by atoms with E-state index in [4.69, 9.17) is 22.7 Å². The van der Waals surface area contributed by atoms with Crippen LogP contribution >= 0.6 is 12.2 Å². The highest BCUT2D eigenvalue weighted by Crippen LogP contribution is 2.35. The zero-order chi connectivity index (χ0) is 17.4. The molecule has 1 saturated heterocycles. The van der Waals surface area contributed by atoms with E-state index in [9.17, 15) is 9.90 Å². The lowest BCUT2D eigenvalue weighted by atomic mass is 10.0. The van der Waals surface area contributed by atoms with Gasteiger partial charge in [-0.1, -0.05) is 12.2 Å². The van der Waals surface area contributed by atoms with Crippen LogP contribution in [0.1, 0.15) is 32.3 Å². The Kier molecular flexibility index (Phi) is 4.51. The lowest BCUT2D eigenvalue weighted by Crippen LogP contribution is -2.38. The molecule has 24 heavy (non-hydrogen) atoms. The first kappa shape index (κ1) is 16.8. The van der Waals surface area contributed by atoms with Crippen molar-refractivity contribution >= 4 is 29.6 Å². The topological polar surface area (TPSA) is 104 Å². The summed E-state index contributed by atoms with van der Waals surface area (Å²) in [5.41, 5.74) is 7.10. The number of pyridine rings is 1. The number of hydrogen-bond donors (Lipinski definition) is 4. The van der Waals surface area contributed by atoms with E-state index in [-0.39, 0.29) is 12.3 Å². The number of fused-ring (bicyclic) bond motifs is 1. The fourth-order valence-corrected chi connectivity index (χ4v) is 3.35. The Hall–Kier alpha value is -2.06. The van der Waals surface area contributed by atoms with Gasteiger partial charge < -0.3 is 30.8 Å². The third kappa shape index (κ3) is 3.11. The van der Waals surface area contributed by atoms with Crippen molar-refractivity contribution in [1.29, 1.82) is 0 Å². The number of ether oxygens (including phenoxy) is 1. The Morgan fingerprint density at radius 3 is 2.75 bits per heavy atom. The molecule has 2 aliphatic heterocycles. The highest BCUT2D eigenvalue weighted by molar-refractivity contribution is 7.71. The molecule has 8 heteroatoms. The normalized spacial score (nSPS) is 23.1. The summed E-state index contributed by atoms with van der Waals surface area (Å²) in [5.74, 6) is 0.985. The first-order valence-electron chi connectivity index (χ1n) is 8.01. The molecule has 7 nitrogen and oxygen atoms in total. The fraction of sp³-hybridized carbons (Fsp3) is 0.500. The lowest BCUT2D eigenvalue weighted by Gasteiger charge is -2.33. The Balaban J connectivity index is 2.05. The Bertz CT molecular complexity index is 750. The van der Waals surface area contributed by atoms with Crippen LogP contribution in [0, 0.1) is 4.64 Å². The van der Waals surface area contributed by atoms with Crippen molar-refractivity contribution in [2.24, 2.45) is 5.73 Å². The van der Waals surface area contributed by atoms with Gasteiger partial charge in [-0.2, -0.15) is 0 Å². The molecule has 0 bridgehead atoms. The summed E-state index contributed by atoms with van der Waals surface area (Å²) in [7, 11) is 0. The van der Waals surface area contributed by atoms with Crippen LogP contribution in [-0.2, 0) is 4.79 Å². The van der Waals surface area contributed by atoms with Gasteiger partial charge in [-0.05, 0) is 26.7 Å². The molecule has 1 unspecified atom stereocenters. The molecule has 0 radical (unpaired) electrons. The molecule has 5 N–H and O–H groups in total. The molecule has 0 aliphatic carbocycles. The third-order valence-electron chi connectivity index (χ3n) is 4.43. The van der Waals surface area contributed by atoms with E-state index in [0.29, 0.717) is 27.2 Å². The number of carbonyl (C=O) groups is 1. The average Bonchev–Trinajstić information content (AvgIpc) is 2.53. The first-order valence-corrected chi connectivity index (χ1v) is 8.42. The maximum absolute atomic E-state index is 11.6. The number of primary amides is 1. The van der Waals surface area contributed by atoms with Gasteiger partial charge in [0.2, 0.25) is 5.91 Å². The van der Waals surface area contributed by atoms with Gasteiger partial charge in [0.25, 0.3) is 0 Å². The van der Waals surface area contributed by atoms with E-state index >= 15 is 0 Å². The second kappa shape index (κ2) is 6.45. The molecule has 3 heterocycles. The summed E-state index contributed by atoms with van der Waals surface area (Å²) >= 11 is 5.50. The molecule has 130 valence electrons. The minimum atomic E-state index is -0.499. The number of carbonyl (C=O) groups excluding carboxylic acids is 1. The van der Waals surface area contributed by atoms with Crippen LogP contribution in [0.3, 0.4) is 0 Å². The summed E-state index contributed by atoms with van der Waals surface area (Å²) in [6, 6.07) is 1.90. The van der Waals surface area contributed by atoms with Gasteiger partial charge in [0, 0.05) is 24.7 Å². The molecule has 1 atom stereocenters. The number of nitrogens with two attached hydrogens (primary N) is 1. The van der Waals surface area contributed by atoms with Crippen LogP contribution in [0.5, 0.6) is 5.75 Å². The molecule has 3 rings (SSSR count). The number of H-pyrrole nitrogens is 1. The number of nitrogens with one attached hydrogen (secondary N) is 2. The first-order chi connectivity index (χ1) is 11.4.